The first kappa shape index (κ1) is 13.2. The van der Waals surface area contributed by atoms with Crippen LogP contribution >= 0.6 is 0 Å². The number of aliphatic carboxylic acids is 1. The number of imidazole rings is 1. The van der Waals surface area contributed by atoms with Gasteiger partial charge >= 0.3 is 5.97 Å². The minimum Gasteiger partial charge on any atom is -0.480 e. The molecule has 0 spiro atoms. The summed E-state index contributed by atoms with van der Waals surface area (Å²) >= 11 is 0. The van der Waals surface area contributed by atoms with Gasteiger partial charge in [-0.3, -0.25) is 4.79 Å². The van der Waals surface area contributed by atoms with Crippen LogP contribution in [-0.2, 0) is 16.0 Å². The van der Waals surface area contributed by atoms with Crippen LogP contribution in [0.3, 0.4) is 0 Å². The number of carboxylic acids is 1. The summed E-state index contributed by atoms with van der Waals surface area (Å²) in [5.41, 5.74) is 6.15. The zero-order chi connectivity index (χ0) is 12.8. The maximum atomic E-state index is 11.5. The van der Waals surface area contributed by atoms with Crippen molar-refractivity contribution < 1.29 is 14.7 Å². The monoisotopic (exact) mass is 240 g/mol. The first-order chi connectivity index (χ1) is 8.04. The number of nitrogens with two attached hydrogens (primary N) is 1. The molecule has 7 heteroatoms. The minimum atomic E-state index is -1.10. The Kier molecular flexibility index (Phi) is 4.65. The highest BCUT2D eigenvalue weighted by molar-refractivity contribution is 5.86. The van der Waals surface area contributed by atoms with Crippen molar-refractivity contribution in [2.75, 3.05) is 0 Å². The second-order valence-electron chi connectivity index (χ2n) is 3.70. The van der Waals surface area contributed by atoms with Crippen molar-refractivity contribution in [3.8, 4) is 0 Å². The van der Waals surface area contributed by atoms with Gasteiger partial charge in [0.15, 0.2) is 0 Å². The van der Waals surface area contributed by atoms with Crippen molar-refractivity contribution in [2.45, 2.75) is 31.8 Å². The Balaban J connectivity index is 2.61. The number of nitrogens with zero attached hydrogens (tertiary/aromatic N) is 1. The van der Waals surface area contributed by atoms with E-state index in [4.69, 9.17) is 10.8 Å². The summed E-state index contributed by atoms with van der Waals surface area (Å²) < 4.78 is 0. The average Bonchev–Trinajstić information content (AvgIpc) is 2.79. The van der Waals surface area contributed by atoms with E-state index in [-0.39, 0.29) is 6.42 Å². The Hall–Kier alpha value is -1.89. The van der Waals surface area contributed by atoms with E-state index < -0.39 is 24.0 Å². The van der Waals surface area contributed by atoms with Gasteiger partial charge in [-0.2, -0.15) is 0 Å². The molecule has 0 aliphatic heterocycles. The Labute approximate surface area is 98.4 Å². The molecule has 1 rings (SSSR count). The predicted octanol–water partition coefficient (Wildman–Crippen LogP) is -0.741. The number of H-pyrrole nitrogens is 1. The summed E-state index contributed by atoms with van der Waals surface area (Å²) in [5.74, 6) is -1.56. The van der Waals surface area contributed by atoms with Crippen LogP contribution in [0.15, 0.2) is 12.5 Å². The summed E-state index contributed by atoms with van der Waals surface area (Å²) in [6.07, 6.45) is 3.58. The van der Waals surface area contributed by atoms with Gasteiger partial charge in [-0.25, -0.2) is 9.78 Å². The van der Waals surface area contributed by atoms with Gasteiger partial charge in [0, 0.05) is 18.3 Å². The minimum absolute atomic E-state index is 0.150. The molecule has 0 radical (unpaired) electrons. The van der Waals surface area contributed by atoms with Gasteiger partial charge in [0.1, 0.15) is 6.04 Å². The number of aromatic nitrogens is 2. The number of carboxylic acid groups (broad SMARTS) is 1. The van der Waals surface area contributed by atoms with Gasteiger partial charge < -0.3 is 21.1 Å². The topological polar surface area (TPSA) is 121 Å². The van der Waals surface area contributed by atoms with Crippen LogP contribution in [0, 0.1) is 0 Å². The van der Waals surface area contributed by atoms with E-state index >= 15 is 0 Å². The second-order valence-corrected chi connectivity index (χ2v) is 3.70. The predicted molar refractivity (Wildman–Crippen MR) is 60.1 cm³/mol. The number of amides is 1. The second kappa shape index (κ2) is 6.00. The highest BCUT2D eigenvalue weighted by Gasteiger charge is 2.23. The molecule has 0 aliphatic carbocycles. The molecule has 94 valence electrons. The van der Waals surface area contributed by atoms with Crippen molar-refractivity contribution >= 4 is 11.9 Å². The molecule has 0 bridgehead atoms. The Morgan fingerprint density at radius 2 is 2.35 bits per heavy atom. The van der Waals surface area contributed by atoms with Crippen LogP contribution in [0.5, 0.6) is 0 Å². The lowest BCUT2D eigenvalue weighted by Gasteiger charge is -2.16. The van der Waals surface area contributed by atoms with Crippen LogP contribution in [0.4, 0.5) is 0 Å². The smallest absolute Gasteiger partial charge is 0.326 e. The first-order valence-electron chi connectivity index (χ1n) is 5.30. The summed E-state index contributed by atoms with van der Waals surface area (Å²) in [7, 11) is 0. The van der Waals surface area contributed by atoms with Gasteiger partial charge in [0.25, 0.3) is 0 Å². The molecular weight excluding hydrogens is 224 g/mol. The normalized spacial score (nSPS) is 14.0. The van der Waals surface area contributed by atoms with Gasteiger partial charge in [-0.15, -0.1) is 0 Å². The molecule has 0 aromatic carbocycles. The number of nitrogens with one attached hydrogen (secondary N) is 2. The van der Waals surface area contributed by atoms with Gasteiger partial charge in [-0.05, 0) is 6.42 Å². The third-order valence-corrected chi connectivity index (χ3v) is 2.37. The number of hydrogen-bond acceptors (Lipinski definition) is 4. The fraction of sp³-hybridized carbons (Fsp3) is 0.500. The summed E-state index contributed by atoms with van der Waals surface area (Å²) in [6.45, 7) is 1.76. The van der Waals surface area contributed by atoms with Gasteiger partial charge in [-0.1, -0.05) is 6.92 Å². The fourth-order valence-electron chi connectivity index (χ4n) is 1.28. The van der Waals surface area contributed by atoms with Crippen molar-refractivity contribution in [1.82, 2.24) is 15.3 Å². The number of rotatable bonds is 6. The largest absolute Gasteiger partial charge is 0.480 e. The Morgan fingerprint density at radius 3 is 2.82 bits per heavy atom. The van der Waals surface area contributed by atoms with Crippen LogP contribution in [-0.4, -0.2) is 39.0 Å². The number of carbonyl (C=O) groups is 2. The van der Waals surface area contributed by atoms with Crippen molar-refractivity contribution in [3.05, 3.63) is 18.2 Å². The Bertz CT molecular complexity index is 377. The number of aromatic amines is 1. The number of hydrogen-bond donors (Lipinski definition) is 4. The van der Waals surface area contributed by atoms with E-state index in [0.29, 0.717) is 12.1 Å². The lowest BCUT2D eigenvalue weighted by atomic mass is 10.1. The molecule has 17 heavy (non-hydrogen) atoms. The third kappa shape index (κ3) is 3.87. The van der Waals surface area contributed by atoms with E-state index in [2.05, 4.69) is 15.3 Å². The van der Waals surface area contributed by atoms with E-state index in [1.165, 1.54) is 12.5 Å². The lowest BCUT2D eigenvalue weighted by molar-refractivity contribution is -0.142. The average molecular weight is 240 g/mol. The molecule has 0 fully saturated rings. The van der Waals surface area contributed by atoms with E-state index in [1.807, 2.05) is 0 Å². The first-order valence-corrected chi connectivity index (χ1v) is 5.30. The third-order valence-electron chi connectivity index (χ3n) is 2.37. The summed E-state index contributed by atoms with van der Waals surface area (Å²) in [5, 5.41) is 11.4. The maximum Gasteiger partial charge on any atom is 0.326 e. The van der Waals surface area contributed by atoms with E-state index in [9.17, 15) is 9.59 Å². The molecule has 5 N–H and O–H groups in total. The molecule has 7 nitrogen and oxygen atoms in total. The zero-order valence-corrected chi connectivity index (χ0v) is 9.51. The molecule has 1 aromatic rings. The molecule has 1 heterocycles. The highest BCUT2D eigenvalue weighted by Crippen LogP contribution is 1.99. The van der Waals surface area contributed by atoms with Crippen LogP contribution < -0.4 is 11.1 Å². The fourth-order valence-corrected chi connectivity index (χ4v) is 1.28. The standard InChI is InChI=1S/C10H16N4O3/c1-2-7(11)9(15)14-8(10(16)17)3-6-4-12-5-13-6/h4-5,7-8H,2-3,11H2,1H3,(H,12,13)(H,14,15)(H,16,17). The maximum absolute atomic E-state index is 11.5. The number of carbonyl (C=O) groups excluding carboxylic acids is 1. The van der Waals surface area contributed by atoms with Crippen molar-refractivity contribution in [3.63, 3.8) is 0 Å². The molecule has 0 saturated heterocycles. The molecule has 0 saturated carbocycles. The van der Waals surface area contributed by atoms with Gasteiger partial charge in [0.05, 0.1) is 12.4 Å². The van der Waals surface area contributed by atoms with E-state index in [1.54, 1.807) is 6.92 Å². The van der Waals surface area contributed by atoms with Crippen LogP contribution in [0.1, 0.15) is 19.0 Å². The highest BCUT2D eigenvalue weighted by atomic mass is 16.4. The Morgan fingerprint density at radius 1 is 1.65 bits per heavy atom. The summed E-state index contributed by atoms with van der Waals surface area (Å²) in [4.78, 5) is 29.0. The van der Waals surface area contributed by atoms with Crippen molar-refractivity contribution in [2.24, 2.45) is 5.73 Å². The molecular formula is C10H16N4O3. The van der Waals surface area contributed by atoms with Gasteiger partial charge in [0.2, 0.25) is 5.91 Å². The summed E-state index contributed by atoms with van der Waals surface area (Å²) in [6, 6.07) is -1.68. The van der Waals surface area contributed by atoms with E-state index in [0.717, 1.165) is 0 Å². The lowest BCUT2D eigenvalue weighted by Crippen LogP contribution is -2.49. The quantitative estimate of drug-likeness (QED) is 0.521. The molecule has 1 amide bonds. The molecule has 0 aliphatic rings. The SMILES string of the molecule is CCC(N)C(=O)NC(Cc1cnc[nH]1)C(=O)O. The molecule has 1 aromatic heterocycles. The molecule has 2 unspecified atom stereocenters. The van der Waals surface area contributed by atoms with Crippen LogP contribution in [0.2, 0.25) is 0 Å². The zero-order valence-electron chi connectivity index (χ0n) is 9.51. The molecule has 2 atom stereocenters. The van der Waals surface area contributed by atoms with Crippen molar-refractivity contribution in [1.29, 1.82) is 0 Å². The van der Waals surface area contributed by atoms with Crippen LogP contribution in [0.25, 0.3) is 0 Å².